The van der Waals surface area contributed by atoms with Crippen molar-refractivity contribution in [1.82, 2.24) is 0 Å². The number of hydrogen-bond donors (Lipinski definition) is 0. The van der Waals surface area contributed by atoms with Gasteiger partial charge in [0.15, 0.2) is 0 Å². The van der Waals surface area contributed by atoms with Crippen molar-refractivity contribution in [2.45, 2.75) is 19.3 Å². The summed E-state index contributed by atoms with van der Waals surface area (Å²) in [4.78, 5) is 0. The Labute approximate surface area is 78.2 Å². The zero-order valence-corrected chi connectivity index (χ0v) is 8.26. The summed E-state index contributed by atoms with van der Waals surface area (Å²) in [5.41, 5.74) is 0. The van der Waals surface area contributed by atoms with Crippen molar-refractivity contribution in [1.29, 1.82) is 0 Å². The first-order valence-corrected chi connectivity index (χ1v) is 2.63. The normalized spacial score (nSPS) is 20.6. The van der Waals surface area contributed by atoms with E-state index in [4.69, 9.17) is 0 Å². The van der Waals surface area contributed by atoms with E-state index in [2.05, 4.69) is 5.32 Å². The largest absolute Gasteiger partial charge is 0.662 e. The predicted octanol–water partition coefficient (Wildman–Crippen LogP) is 1.54. The number of piperidine rings is 1. The van der Waals surface area contributed by atoms with Crippen LogP contribution in [-0.4, -0.2) is 13.1 Å². The summed E-state index contributed by atoms with van der Waals surface area (Å²) in [6.07, 6.45) is 4.07. The molecule has 0 aromatic rings. The first-order chi connectivity index (χ1) is 3.00. The molecule has 1 aliphatic heterocycles. The Morgan fingerprint density at radius 2 is 1.43 bits per heavy atom. The van der Waals surface area contributed by atoms with Crippen molar-refractivity contribution in [2.75, 3.05) is 13.1 Å². The van der Waals surface area contributed by atoms with E-state index in [-0.39, 0.29) is 41.3 Å². The molecular weight excluding hydrogens is 215 g/mol. The van der Waals surface area contributed by atoms with Crippen LogP contribution in [0, 0.1) is 41.3 Å². The number of nitrogens with zero attached hydrogens (tertiary/aromatic N) is 1. The van der Waals surface area contributed by atoms with Crippen molar-refractivity contribution < 1.29 is 41.3 Å². The second-order valence-electron chi connectivity index (χ2n) is 1.73. The standard InChI is InChI=1S/C5H10N.Pr/c1-2-4-6-5-3-1;/h1-5H2;/q-1;. The van der Waals surface area contributed by atoms with Crippen LogP contribution in [0.25, 0.3) is 5.32 Å². The summed E-state index contributed by atoms with van der Waals surface area (Å²) >= 11 is 0. The van der Waals surface area contributed by atoms with E-state index in [1.807, 2.05) is 0 Å². The van der Waals surface area contributed by atoms with Crippen LogP contribution in [0.2, 0.25) is 0 Å². The molecule has 0 bridgehead atoms. The monoisotopic (exact) mass is 225 g/mol. The predicted molar refractivity (Wildman–Crippen MR) is 26.9 cm³/mol. The fourth-order valence-corrected chi connectivity index (χ4v) is 0.736. The quantitative estimate of drug-likeness (QED) is 0.593. The summed E-state index contributed by atoms with van der Waals surface area (Å²) in [5, 5.41) is 4.18. The van der Waals surface area contributed by atoms with E-state index in [0.29, 0.717) is 0 Å². The van der Waals surface area contributed by atoms with Gasteiger partial charge in [-0.25, -0.2) is 0 Å². The minimum absolute atomic E-state index is 0. The molecule has 2 heteroatoms. The smallest absolute Gasteiger partial charge is 0 e. The summed E-state index contributed by atoms with van der Waals surface area (Å²) in [7, 11) is 0. The summed E-state index contributed by atoms with van der Waals surface area (Å²) in [5.74, 6) is 0. The van der Waals surface area contributed by atoms with Crippen molar-refractivity contribution in [3.63, 3.8) is 0 Å². The van der Waals surface area contributed by atoms with E-state index in [1.54, 1.807) is 0 Å². The molecule has 0 atom stereocenters. The molecule has 0 N–H and O–H groups in total. The maximum atomic E-state index is 4.18. The minimum atomic E-state index is 0. The zero-order chi connectivity index (χ0) is 4.24. The summed E-state index contributed by atoms with van der Waals surface area (Å²) in [6.45, 7) is 2.25. The molecule has 1 aliphatic rings. The van der Waals surface area contributed by atoms with E-state index in [0.717, 1.165) is 13.1 Å². The molecule has 1 rings (SSSR count). The maximum Gasteiger partial charge on any atom is 0 e. The van der Waals surface area contributed by atoms with E-state index < -0.39 is 0 Å². The molecule has 1 nitrogen and oxygen atoms in total. The fraction of sp³-hybridized carbons (Fsp3) is 1.00. The number of hydrogen-bond acceptors (Lipinski definition) is 0. The van der Waals surface area contributed by atoms with Gasteiger partial charge in [-0.1, -0.05) is 19.3 Å². The Kier molecular flexibility index (Phi) is 6.49. The van der Waals surface area contributed by atoms with Gasteiger partial charge >= 0.3 is 0 Å². The molecule has 0 amide bonds. The van der Waals surface area contributed by atoms with Gasteiger partial charge < -0.3 is 5.32 Å². The molecule has 1 fully saturated rings. The molecule has 1 heterocycles. The Balaban J connectivity index is 0.000000360. The first-order valence-electron chi connectivity index (χ1n) is 2.63. The van der Waals surface area contributed by atoms with Crippen LogP contribution in [0.1, 0.15) is 19.3 Å². The van der Waals surface area contributed by atoms with E-state index in [1.165, 1.54) is 19.3 Å². The molecule has 0 aliphatic carbocycles. The molecule has 39 valence electrons. The summed E-state index contributed by atoms with van der Waals surface area (Å²) in [6, 6.07) is 0. The molecule has 0 aromatic carbocycles. The van der Waals surface area contributed by atoms with Gasteiger partial charge in [-0.3, -0.25) is 0 Å². The molecule has 0 aromatic heterocycles. The average molecular weight is 225 g/mol. The molecule has 0 unspecified atom stereocenters. The maximum absolute atomic E-state index is 4.18. The van der Waals surface area contributed by atoms with Crippen LogP contribution < -0.4 is 0 Å². The van der Waals surface area contributed by atoms with Crippen LogP contribution in [0.3, 0.4) is 0 Å². The molecule has 0 spiro atoms. The third-order valence-electron chi connectivity index (χ3n) is 1.13. The van der Waals surface area contributed by atoms with Crippen molar-refractivity contribution in [3.8, 4) is 0 Å². The zero-order valence-electron chi connectivity index (χ0n) is 4.56. The average Bonchev–Trinajstić information content (AvgIpc) is 1.72. The first kappa shape index (κ1) is 8.32. The Bertz CT molecular complexity index is 23.6. The molecule has 0 saturated carbocycles. The van der Waals surface area contributed by atoms with Gasteiger partial charge in [-0.15, -0.1) is 13.1 Å². The molecule has 1 saturated heterocycles. The number of rotatable bonds is 0. The van der Waals surface area contributed by atoms with E-state index in [9.17, 15) is 0 Å². The molecule has 1 radical (unpaired) electrons. The second kappa shape index (κ2) is 5.46. The third kappa shape index (κ3) is 3.87. The van der Waals surface area contributed by atoms with Gasteiger partial charge in [0.1, 0.15) is 0 Å². The van der Waals surface area contributed by atoms with Gasteiger partial charge in [0.25, 0.3) is 0 Å². The molecular formula is C5H10NPr-. The Hall–Kier alpha value is 1.32. The molecule has 7 heavy (non-hydrogen) atoms. The van der Waals surface area contributed by atoms with E-state index >= 15 is 0 Å². The SMILES string of the molecule is C1CC[N-]CC1.[Pr]. The van der Waals surface area contributed by atoms with Gasteiger partial charge in [0.2, 0.25) is 0 Å². The van der Waals surface area contributed by atoms with Crippen LogP contribution in [0.4, 0.5) is 0 Å². The van der Waals surface area contributed by atoms with Gasteiger partial charge in [0.05, 0.1) is 0 Å². The summed E-state index contributed by atoms with van der Waals surface area (Å²) < 4.78 is 0. The van der Waals surface area contributed by atoms with Crippen LogP contribution >= 0.6 is 0 Å². The van der Waals surface area contributed by atoms with Crippen LogP contribution in [-0.2, 0) is 0 Å². The topological polar surface area (TPSA) is 14.1 Å². The second-order valence-corrected chi connectivity index (χ2v) is 1.73. The van der Waals surface area contributed by atoms with Gasteiger partial charge in [0, 0.05) is 41.3 Å². The van der Waals surface area contributed by atoms with Crippen molar-refractivity contribution in [2.24, 2.45) is 0 Å². The van der Waals surface area contributed by atoms with Crippen LogP contribution in [0.15, 0.2) is 0 Å². The minimum Gasteiger partial charge on any atom is -0.662 e. The van der Waals surface area contributed by atoms with Gasteiger partial charge in [-0.05, 0) is 0 Å². The van der Waals surface area contributed by atoms with Gasteiger partial charge in [-0.2, -0.15) is 0 Å². The van der Waals surface area contributed by atoms with Crippen molar-refractivity contribution >= 4 is 0 Å². The van der Waals surface area contributed by atoms with Crippen molar-refractivity contribution in [3.05, 3.63) is 5.32 Å². The Morgan fingerprint density at radius 3 is 1.57 bits per heavy atom. The fourth-order valence-electron chi connectivity index (χ4n) is 0.736. The third-order valence-corrected chi connectivity index (χ3v) is 1.13. The van der Waals surface area contributed by atoms with Crippen LogP contribution in [0.5, 0.6) is 0 Å². The Morgan fingerprint density at radius 1 is 0.857 bits per heavy atom.